The van der Waals surface area contributed by atoms with Gasteiger partial charge in [0.1, 0.15) is 6.54 Å². The number of hydrogen-bond acceptors (Lipinski definition) is 5. The SMILES string of the molecule is COc1c(-c2ccccc2)c(=O)n2c([n+]1C)SCC2.Clc1nccs1. The van der Waals surface area contributed by atoms with Crippen LogP contribution in [0.3, 0.4) is 0 Å². The first-order valence-electron chi connectivity index (χ1n) is 7.57. The third-order valence-electron chi connectivity index (χ3n) is 3.70. The Labute approximate surface area is 158 Å². The predicted molar refractivity (Wildman–Crippen MR) is 102 cm³/mol. The maximum Gasteiger partial charge on any atom is 0.350 e. The maximum absolute atomic E-state index is 12.6. The van der Waals surface area contributed by atoms with Crippen molar-refractivity contribution in [3.05, 3.63) is 56.7 Å². The molecule has 0 aliphatic carbocycles. The van der Waals surface area contributed by atoms with Gasteiger partial charge in [-0.15, -0.1) is 11.3 Å². The lowest BCUT2D eigenvalue weighted by Crippen LogP contribution is -2.41. The number of rotatable bonds is 2. The molecule has 0 unspecified atom stereocenters. The summed E-state index contributed by atoms with van der Waals surface area (Å²) >= 11 is 8.48. The lowest BCUT2D eigenvalue weighted by atomic mass is 10.1. The highest BCUT2D eigenvalue weighted by atomic mass is 35.5. The van der Waals surface area contributed by atoms with E-state index in [9.17, 15) is 4.79 Å². The van der Waals surface area contributed by atoms with Gasteiger partial charge in [0.05, 0.1) is 14.2 Å². The molecule has 0 amide bonds. The topological polar surface area (TPSA) is 48.0 Å². The lowest BCUT2D eigenvalue weighted by molar-refractivity contribution is -0.718. The largest absolute Gasteiger partial charge is 0.465 e. The molecule has 4 rings (SSSR count). The van der Waals surface area contributed by atoms with Crippen molar-refractivity contribution in [2.75, 3.05) is 12.9 Å². The standard InChI is InChI=1S/C14H15N2O2S.C3H2ClNS/c1-15-13(18-2)11(10-6-4-3-5-7-10)12(17)16-8-9-19-14(15)16;4-3-5-1-2-6-3/h3-7H,8-9H2,1-2H3;1-2H/q+1;. The van der Waals surface area contributed by atoms with Crippen LogP contribution in [0.2, 0.25) is 4.47 Å². The Morgan fingerprint density at radius 3 is 2.64 bits per heavy atom. The Balaban J connectivity index is 0.000000258. The van der Waals surface area contributed by atoms with Crippen molar-refractivity contribution in [1.29, 1.82) is 0 Å². The van der Waals surface area contributed by atoms with Crippen LogP contribution in [0, 0.1) is 0 Å². The molecule has 0 spiro atoms. The van der Waals surface area contributed by atoms with Gasteiger partial charge in [-0.3, -0.25) is 0 Å². The summed E-state index contributed by atoms with van der Waals surface area (Å²) in [5.41, 5.74) is 1.56. The molecule has 0 radical (unpaired) electrons. The van der Waals surface area contributed by atoms with E-state index >= 15 is 0 Å². The van der Waals surface area contributed by atoms with Crippen LogP contribution < -0.4 is 14.9 Å². The van der Waals surface area contributed by atoms with Crippen LogP contribution in [0.1, 0.15) is 0 Å². The molecule has 1 aliphatic rings. The average Bonchev–Trinajstić information content (AvgIpc) is 3.30. The summed E-state index contributed by atoms with van der Waals surface area (Å²) in [4.78, 5) is 16.4. The minimum atomic E-state index is 0.0288. The molecule has 1 aromatic carbocycles. The first-order chi connectivity index (χ1) is 12.1. The van der Waals surface area contributed by atoms with Gasteiger partial charge in [-0.05, 0) is 17.3 Å². The normalized spacial score (nSPS) is 12.3. The van der Waals surface area contributed by atoms with E-state index in [4.69, 9.17) is 16.3 Å². The van der Waals surface area contributed by atoms with E-state index in [1.54, 1.807) is 25.1 Å². The Kier molecular flexibility index (Phi) is 5.78. The van der Waals surface area contributed by atoms with Crippen molar-refractivity contribution < 1.29 is 9.30 Å². The van der Waals surface area contributed by atoms with E-state index in [1.165, 1.54) is 11.3 Å². The fourth-order valence-electron chi connectivity index (χ4n) is 2.65. The molecule has 0 saturated carbocycles. The number of ether oxygens (including phenoxy) is 1. The quantitative estimate of drug-likeness (QED) is 0.494. The van der Waals surface area contributed by atoms with Gasteiger partial charge in [0.25, 0.3) is 5.88 Å². The maximum atomic E-state index is 12.6. The van der Waals surface area contributed by atoms with Crippen molar-refractivity contribution in [2.45, 2.75) is 11.7 Å². The third kappa shape index (κ3) is 3.73. The summed E-state index contributed by atoms with van der Waals surface area (Å²) in [6.45, 7) is 0.760. The summed E-state index contributed by atoms with van der Waals surface area (Å²) in [7, 11) is 3.55. The Morgan fingerprint density at radius 2 is 2.08 bits per heavy atom. The molecule has 0 fully saturated rings. The molecular weight excluding hydrogens is 378 g/mol. The van der Waals surface area contributed by atoms with Crippen molar-refractivity contribution in [3.63, 3.8) is 0 Å². The number of nitrogens with zero attached hydrogens (tertiary/aromatic N) is 3. The summed E-state index contributed by atoms with van der Waals surface area (Å²) in [6, 6.07) is 9.68. The Hall–Kier alpha value is -1.83. The molecule has 25 heavy (non-hydrogen) atoms. The number of halogens is 1. The molecule has 3 aromatic rings. The van der Waals surface area contributed by atoms with Crippen molar-refractivity contribution in [3.8, 4) is 17.0 Å². The van der Waals surface area contributed by atoms with E-state index in [-0.39, 0.29) is 5.56 Å². The minimum absolute atomic E-state index is 0.0288. The fraction of sp³-hybridized carbons (Fsp3) is 0.235. The molecule has 0 atom stereocenters. The Bertz CT molecular complexity index is 912. The first-order valence-corrected chi connectivity index (χ1v) is 9.82. The Morgan fingerprint density at radius 1 is 1.32 bits per heavy atom. The van der Waals surface area contributed by atoms with E-state index < -0.39 is 0 Å². The van der Waals surface area contributed by atoms with Gasteiger partial charge in [-0.2, -0.15) is 9.13 Å². The second kappa shape index (κ2) is 8.03. The van der Waals surface area contributed by atoms with Gasteiger partial charge in [0, 0.05) is 17.3 Å². The van der Waals surface area contributed by atoms with E-state index in [1.807, 2.05) is 51.9 Å². The zero-order chi connectivity index (χ0) is 17.8. The molecule has 8 heteroatoms. The van der Waals surface area contributed by atoms with Crippen molar-refractivity contribution in [2.24, 2.45) is 7.05 Å². The molecule has 0 saturated heterocycles. The highest BCUT2D eigenvalue weighted by Crippen LogP contribution is 2.28. The number of thiazole rings is 1. The molecule has 1 aliphatic heterocycles. The number of methoxy groups -OCH3 is 1. The number of hydrogen-bond donors (Lipinski definition) is 0. The zero-order valence-corrected chi connectivity index (χ0v) is 16.2. The van der Waals surface area contributed by atoms with E-state index in [0.29, 0.717) is 15.9 Å². The van der Waals surface area contributed by atoms with Crippen LogP contribution in [0.25, 0.3) is 11.1 Å². The van der Waals surface area contributed by atoms with Gasteiger partial charge in [-0.25, -0.2) is 9.78 Å². The van der Waals surface area contributed by atoms with E-state index in [0.717, 1.165) is 23.0 Å². The highest BCUT2D eigenvalue weighted by molar-refractivity contribution is 7.99. The van der Waals surface area contributed by atoms with Crippen molar-refractivity contribution in [1.82, 2.24) is 9.55 Å². The molecule has 5 nitrogen and oxygen atoms in total. The van der Waals surface area contributed by atoms with Crippen LogP contribution in [0.5, 0.6) is 5.88 Å². The predicted octanol–water partition coefficient (Wildman–Crippen LogP) is 3.25. The fourth-order valence-corrected chi connectivity index (χ4v) is 4.28. The molecule has 2 aromatic heterocycles. The summed E-state index contributed by atoms with van der Waals surface area (Å²) in [5.74, 6) is 1.56. The summed E-state index contributed by atoms with van der Waals surface area (Å²) < 4.78 is 9.87. The molecule has 130 valence electrons. The molecule has 3 heterocycles. The number of aromatic nitrogens is 3. The lowest BCUT2D eigenvalue weighted by Gasteiger charge is -2.10. The second-order valence-corrected chi connectivity index (χ2v) is 7.72. The molecule has 0 N–H and O–H groups in total. The van der Waals surface area contributed by atoms with Crippen molar-refractivity contribution >= 4 is 34.7 Å². The molecular formula is C17H17ClN3O2S2+. The van der Waals surface area contributed by atoms with E-state index in [2.05, 4.69) is 4.98 Å². The monoisotopic (exact) mass is 394 g/mol. The summed E-state index contributed by atoms with van der Waals surface area (Å²) in [6.07, 6.45) is 1.67. The third-order valence-corrected chi connectivity index (χ3v) is 5.76. The number of benzene rings is 1. The van der Waals surface area contributed by atoms with Gasteiger partial charge in [0.2, 0.25) is 0 Å². The minimum Gasteiger partial charge on any atom is -0.465 e. The number of thioether (sulfide) groups is 1. The van der Waals surface area contributed by atoms with Gasteiger partial charge in [-0.1, -0.05) is 41.9 Å². The second-order valence-electron chi connectivity index (χ2n) is 5.18. The smallest absolute Gasteiger partial charge is 0.350 e. The van der Waals surface area contributed by atoms with Crippen LogP contribution in [0.15, 0.2) is 51.9 Å². The van der Waals surface area contributed by atoms with Crippen LogP contribution in [0.4, 0.5) is 0 Å². The average molecular weight is 395 g/mol. The zero-order valence-electron chi connectivity index (χ0n) is 13.8. The van der Waals surface area contributed by atoms with Crippen LogP contribution >= 0.6 is 34.7 Å². The van der Waals surface area contributed by atoms with Gasteiger partial charge in [0.15, 0.2) is 10.0 Å². The summed E-state index contributed by atoms with van der Waals surface area (Å²) in [5, 5.41) is 2.80. The first kappa shape index (κ1) is 18.0. The van der Waals surface area contributed by atoms with Crippen LogP contribution in [-0.2, 0) is 13.6 Å². The van der Waals surface area contributed by atoms with Gasteiger partial charge < -0.3 is 4.74 Å². The van der Waals surface area contributed by atoms with Crippen LogP contribution in [-0.4, -0.2) is 22.4 Å². The molecule has 0 bridgehead atoms. The number of fused-ring (bicyclic) bond motifs is 1. The van der Waals surface area contributed by atoms with Gasteiger partial charge >= 0.3 is 10.7 Å². The highest BCUT2D eigenvalue weighted by Gasteiger charge is 2.31.